The fraction of sp³-hybridized carbons (Fsp3) is 0.273. The van der Waals surface area contributed by atoms with Crippen LogP contribution in [0, 0.1) is 10.1 Å². The average molecular weight is 233 g/mol. The Morgan fingerprint density at radius 3 is 2.59 bits per heavy atom. The molecule has 0 aliphatic rings. The molecule has 0 spiro atoms. The van der Waals surface area contributed by atoms with Gasteiger partial charge in [-0.3, -0.25) is 10.1 Å². The van der Waals surface area contributed by atoms with Gasteiger partial charge in [-0.1, -0.05) is 24.2 Å². The van der Waals surface area contributed by atoms with Gasteiger partial charge in [0.1, 0.15) is 0 Å². The summed E-state index contributed by atoms with van der Waals surface area (Å²) in [5.74, 6) is 1.19. The van der Waals surface area contributed by atoms with Crippen molar-refractivity contribution < 1.29 is 9.45 Å². The highest BCUT2D eigenvalue weighted by Crippen LogP contribution is 2.14. The lowest BCUT2D eigenvalue weighted by Crippen LogP contribution is -1.92. The normalized spacial score (nSPS) is 10.4. The molecule has 2 aromatic rings. The number of aromatic nitrogens is 2. The molecule has 0 saturated heterocycles. The molecule has 2 rings (SSSR count). The maximum Gasteiger partial charge on any atom is 0.269 e. The Morgan fingerprint density at radius 2 is 2.06 bits per heavy atom. The SMILES string of the molecule is CCc1nc(Cc2ccc([N+](=O)[O-])cc2)no1. The first-order valence-corrected chi connectivity index (χ1v) is 5.24. The lowest BCUT2D eigenvalue weighted by molar-refractivity contribution is -0.384. The van der Waals surface area contributed by atoms with Crippen molar-refractivity contribution in [2.45, 2.75) is 19.8 Å². The molecule has 0 N–H and O–H groups in total. The number of nitro benzene ring substituents is 1. The molecule has 0 bridgehead atoms. The van der Waals surface area contributed by atoms with E-state index in [0.29, 0.717) is 24.6 Å². The molecule has 0 unspecified atom stereocenters. The Hall–Kier alpha value is -2.24. The van der Waals surface area contributed by atoms with Crippen LogP contribution >= 0.6 is 0 Å². The topological polar surface area (TPSA) is 82.1 Å². The molecule has 1 aromatic carbocycles. The summed E-state index contributed by atoms with van der Waals surface area (Å²) in [6, 6.07) is 6.33. The van der Waals surface area contributed by atoms with E-state index in [1.807, 2.05) is 6.92 Å². The van der Waals surface area contributed by atoms with E-state index in [1.54, 1.807) is 12.1 Å². The van der Waals surface area contributed by atoms with Crippen LogP contribution in [0.2, 0.25) is 0 Å². The van der Waals surface area contributed by atoms with E-state index in [4.69, 9.17) is 4.52 Å². The lowest BCUT2D eigenvalue weighted by Gasteiger charge is -1.96. The number of aryl methyl sites for hydroxylation is 1. The zero-order chi connectivity index (χ0) is 12.3. The van der Waals surface area contributed by atoms with Gasteiger partial charge in [-0.25, -0.2) is 0 Å². The third-order valence-corrected chi connectivity index (χ3v) is 2.32. The zero-order valence-electron chi connectivity index (χ0n) is 9.29. The number of hydrogen-bond acceptors (Lipinski definition) is 5. The minimum absolute atomic E-state index is 0.0797. The lowest BCUT2D eigenvalue weighted by atomic mass is 10.1. The summed E-state index contributed by atoms with van der Waals surface area (Å²) in [6.07, 6.45) is 1.22. The molecule has 6 nitrogen and oxygen atoms in total. The molecule has 1 aromatic heterocycles. The number of nitrogens with zero attached hydrogens (tertiary/aromatic N) is 3. The van der Waals surface area contributed by atoms with Crippen molar-refractivity contribution in [1.29, 1.82) is 0 Å². The second-order valence-electron chi connectivity index (χ2n) is 3.56. The summed E-state index contributed by atoms with van der Waals surface area (Å²) >= 11 is 0. The van der Waals surface area contributed by atoms with Crippen LogP contribution in [0.3, 0.4) is 0 Å². The Bertz CT molecular complexity index is 519. The Labute approximate surface area is 97.4 Å². The quantitative estimate of drug-likeness (QED) is 0.596. The predicted molar refractivity (Wildman–Crippen MR) is 59.6 cm³/mol. The van der Waals surface area contributed by atoms with Gasteiger partial charge in [0.2, 0.25) is 5.89 Å². The largest absolute Gasteiger partial charge is 0.339 e. The molecule has 0 amide bonds. The third-order valence-electron chi connectivity index (χ3n) is 2.32. The van der Waals surface area contributed by atoms with Gasteiger partial charge in [0, 0.05) is 25.0 Å². The fourth-order valence-corrected chi connectivity index (χ4v) is 1.42. The monoisotopic (exact) mass is 233 g/mol. The van der Waals surface area contributed by atoms with Crippen molar-refractivity contribution in [3.8, 4) is 0 Å². The van der Waals surface area contributed by atoms with Crippen LogP contribution in [0.15, 0.2) is 28.8 Å². The van der Waals surface area contributed by atoms with Crippen molar-refractivity contribution in [2.24, 2.45) is 0 Å². The second-order valence-corrected chi connectivity index (χ2v) is 3.56. The summed E-state index contributed by atoms with van der Waals surface area (Å²) in [4.78, 5) is 14.2. The van der Waals surface area contributed by atoms with Gasteiger partial charge in [-0.05, 0) is 5.56 Å². The van der Waals surface area contributed by atoms with Crippen molar-refractivity contribution in [3.63, 3.8) is 0 Å². The van der Waals surface area contributed by atoms with Gasteiger partial charge < -0.3 is 4.52 Å². The Balaban J connectivity index is 2.10. The number of benzene rings is 1. The van der Waals surface area contributed by atoms with Crippen LogP contribution < -0.4 is 0 Å². The van der Waals surface area contributed by atoms with Gasteiger partial charge >= 0.3 is 0 Å². The number of hydrogen-bond donors (Lipinski definition) is 0. The highest BCUT2D eigenvalue weighted by Gasteiger charge is 2.07. The zero-order valence-corrected chi connectivity index (χ0v) is 9.29. The van der Waals surface area contributed by atoms with Crippen molar-refractivity contribution in [1.82, 2.24) is 10.1 Å². The standard InChI is InChI=1S/C11H11N3O3/c1-2-11-12-10(13-17-11)7-8-3-5-9(6-4-8)14(15)16/h3-6H,2,7H2,1H3. The first-order chi connectivity index (χ1) is 8.19. The van der Waals surface area contributed by atoms with Crippen LogP contribution in [-0.2, 0) is 12.8 Å². The molecule has 0 aliphatic carbocycles. The Morgan fingerprint density at radius 1 is 1.35 bits per heavy atom. The van der Waals surface area contributed by atoms with Gasteiger partial charge in [0.15, 0.2) is 5.82 Å². The first kappa shape index (κ1) is 11.3. The molecule has 1 heterocycles. The van der Waals surface area contributed by atoms with Crippen LogP contribution in [0.4, 0.5) is 5.69 Å². The van der Waals surface area contributed by atoms with E-state index in [2.05, 4.69) is 10.1 Å². The summed E-state index contributed by atoms with van der Waals surface area (Å²) in [5.41, 5.74) is 0.996. The maximum absolute atomic E-state index is 10.5. The third kappa shape index (κ3) is 2.66. The molecular formula is C11H11N3O3. The van der Waals surface area contributed by atoms with Crippen LogP contribution in [0.25, 0.3) is 0 Å². The molecular weight excluding hydrogens is 222 g/mol. The first-order valence-electron chi connectivity index (χ1n) is 5.24. The van der Waals surface area contributed by atoms with Crippen molar-refractivity contribution in [3.05, 3.63) is 51.7 Å². The molecule has 88 valence electrons. The minimum atomic E-state index is -0.423. The number of non-ortho nitro benzene ring substituents is 1. The molecule has 17 heavy (non-hydrogen) atoms. The summed E-state index contributed by atoms with van der Waals surface area (Å²) in [5, 5.41) is 14.3. The summed E-state index contributed by atoms with van der Waals surface area (Å²) in [6.45, 7) is 1.93. The summed E-state index contributed by atoms with van der Waals surface area (Å²) in [7, 11) is 0. The van der Waals surface area contributed by atoms with E-state index in [1.165, 1.54) is 12.1 Å². The van der Waals surface area contributed by atoms with Gasteiger partial charge in [-0.15, -0.1) is 0 Å². The van der Waals surface area contributed by atoms with Crippen molar-refractivity contribution >= 4 is 5.69 Å². The van der Waals surface area contributed by atoms with Crippen LogP contribution in [0.1, 0.15) is 24.2 Å². The number of rotatable bonds is 4. The molecule has 0 saturated carbocycles. The fourth-order valence-electron chi connectivity index (χ4n) is 1.42. The van der Waals surface area contributed by atoms with E-state index in [9.17, 15) is 10.1 Å². The summed E-state index contributed by atoms with van der Waals surface area (Å²) < 4.78 is 4.98. The highest BCUT2D eigenvalue weighted by atomic mass is 16.6. The molecule has 6 heteroatoms. The second kappa shape index (κ2) is 4.73. The smallest absolute Gasteiger partial charge is 0.269 e. The van der Waals surface area contributed by atoms with E-state index < -0.39 is 4.92 Å². The maximum atomic E-state index is 10.5. The van der Waals surface area contributed by atoms with E-state index >= 15 is 0 Å². The minimum Gasteiger partial charge on any atom is -0.339 e. The van der Waals surface area contributed by atoms with Gasteiger partial charge in [0.05, 0.1) is 4.92 Å². The van der Waals surface area contributed by atoms with Crippen LogP contribution in [0.5, 0.6) is 0 Å². The molecule has 0 radical (unpaired) electrons. The number of nitro groups is 1. The van der Waals surface area contributed by atoms with E-state index in [0.717, 1.165) is 5.56 Å². The predicted octanol–water partition coefficient (Wildman–Crippen LogP) is 2.13. The van der Waals surface area contributed by atoms with Gasteiger partial charge in [-0.2, -0.15) is 4.98 Å². The van der Waals surface area contributed by atoms with Gasteiger partial charge in [0.25, 0.3) is 5.69 Å². The van der Waals surface area contributed by atoms with Crippen LogP contribution in [-0.4, -0.2) is 15.1 Å². The van der Waals surface area contributed by atoms with Crippen molar-refractivity contribution in [2.75, 3.05) is 0 Å². The Kier molecular flexibility index (Phi) is 3.13. The highest BCUT2D eigenvalue weighted by molar-refractivity contribution is 5.33. The van der Waals surface area contributed by atoms with E-state index in [-0.39, 0.29) is 5.69 Å². The molecule has 0 fully saturated rings. The molecule has 0 aliphatic heterocycles. The average Bonchev–Trinajstić information content (AvgIpc) is 2.77. The molecule has 0 atom stereocenters.